The molecule has 0 bridgehead atoms. The molecule has 0 aliphatic heterocycles. The molecule has 12 N–H and O–H groups in total. The Morgan fingerprint density at radius 2 is 0.674 bits per heavy atom. The monoisotopic (exact) mass is 2230 g/mol. The van der Waals surface area contributed by atoms with E-state index >= 15 is 0 Å². The largest absolute Gasteiger partial charge is 0.369 e. The molecule has 8 aromatic heterocycles. The number of hydrogen-bond donors (Lipinski definition) is 8. The van der Waals surface area contributed by atoms with Crippen molar-refractivity contribution in [3.63, 3.8) is 0 Å². The van der Waals surface area contributed by atoms with E-state index in [0.29, 0.717) is 28.2 Å². The van der Waals surface area contributed by atoms with Gasteiger partial charge in [0, 0.05) is 67.9 Å². The Morgan fingerprint density at radius 1 is 0.384 bits per heavy atom. The fourth-order valence-corrected chi connectivity index (χ4v) is 20.0. The highest BCUT2D eigenvalue weighted by Crippen LogP contribution is 2.53. The van der Waals surface area contributed by atoms with Crippen LogP contribution in [0, 0.1) is 11.8 Å². The van der Waals surface area contributed by atoms with Gasteiger partial charge in [0.05, 0.1) is 78.2 Å². The molecule has 8 heterocycles. The zero-order chi connectivity index (χ0) is 98.4. The minimum atomic E-state index is -3.82. The predicted molar refractivity (Wildman–Crippen MR) is 523 cm³/mol. The van der Waals surface area contributed by atoms with E-state index in [0.717, 1.165) is 85.1 Å². The summed E-state index contributed by atoms with van der Waals surface area (Å²) in [5.41, 5.74) is 26.1. The van der Waals surface area contributed by atoms with Crippen LogP contribution in [0.25, 0.3) is 44.7 Å². The maximum absolute atomic E-state index is 13.5. The molecule has 2 aliphatic rings. The summed E-state index contributed by atoms with van der Waals surface area (Å²) in [6, 6.07) is 38.0. The number of benzene rings is 5. The molecule has 44 nitrogen and oxygen atoms in total. The molecule has 0 radical (unpaired) electrons. The van der Waals surface area contributed by atoms with Crippen LogP contribution in [0.3, 0.4) is 0 Å². The van der Waals surface area contributed by atoms with E-state index in [-0.39, 0.29) is 211 Å². The lowest BCUT2D eigenvalue weighted by molar-refractivity contribution is -0.126. The number of fused-ring (bicyclic) bond motifs is 4. The molecule has 4 atom stereocenters. The first-order valence-corrected chi connectivity index (χ1v) is 52.8. The Balaban J connectivity index is 0.000000165. The Hall–Kier alpha value is -10.5. The fourth-order valence-electron chi connectivity index (χ4n) is 13.2. The number of carbonyl (C=O) groups is 4. The van der Waals surface area contributed by atoms with Gasteiger partial charge < -0.3 is 78.2 Å². The van der Waals surface area contributed by atoms with Gasteiger partial charge in [-0.3, -0.25) is 94.6 Å². The van der Waals surface area contributed by atoms with Crippen molar-refractivity contribution in [3.05, 3.63) is 252 Å². The van der Waals surface area contributed by atoms with Gasteiger partial charge in [0.15, 0.2) is 67.8 Å². The number of nitrogens with one attached hydrogen (secondary N) is 4. The molecular formula is C86H98Br4N20O24P4. The number of anilines is 4. The zero-order valence-electron chi connectivity index (χ0n) is 73.9. The van der Waals surface area contributed by atoms with Crippen LogP contribution in [0.2, 0.25) is 0 Å². The van der Waals surface area contributed by atoms with Crippen molar-refractivity contribution >= 4 is 186 Å². The Bertz CT molecular complexity index is 6870. The predicted octanol–water partition coefficient (Wildman–Crippen LogP) is 13.6. The van der Waals surface area contributed by atoms with Gasteiger partial charge in [0.25, 0.3) is 22.2 Å². The lowest BCUT2D eigenvalue weighted by atomic mass is 9.86. The number of aromatic amines is 4. The quantitative estimate of drug-likeness (QED) is 0.00760. The number of imidazole rings is 4. The second-order valence-corrected chi connectivity index (χ2v) is 42.6. The molecule has 52 heteroatoms. The minimum absolute atomic E-state index is 0.00224. The molecule has 0 amide bonds. The van der Waals surface area contributed by atoms with Crippen LogP contribution in [-0.2, 0) is 140 Å². The van der Waals surface area contributed by atoms with Crippen molar-refractivity contribution < 1.29 is 92.6 Å². The molecule has 13 aromatic rings. The number of H-pyrrole nitrogens is 4. The van der Waals surface area contributed by atoms with Crippen molar-refractivity contribution in [2.75, 3.05) is 101 Å². The highest BCUT2D eigenvalue weighted by Gasteiger charge is 2.35. The van der Waals surface area contributed by atoms with E-state index in [1.54, 1.807) is 48.6 Å². The summed E-state index contributed by atoms with van der Waals surface area (Å²) in [4.78, 5) is 139. The second kappa shape index (κ2) is 51.6. The third-order valence-electron chi connectivity index (χ3n) is 20.3. The van der Waals surface area contributed by atoms with Crippen molar-refractivity contribution in [1.82, 2.24) is 78.1 Å². The number of hydrogen-bond acceptors (Lipinski definition) is 36. The SMILES string of the molecule is C=CCC(=O)COP(=O)(COCCn1cnc2c(=O)[nH]c(N)nc21)OCc1cccc(Br)c1.Nc1nc2c(ncn2CCOCP(=O)(OCC(=O)C2CC2)OCc2cccc(Br)c2)c(=O)[nH]1.Nc1nc2c(ncn2CCOCP(=O)(OCC(=O)C2CCCCC2)OCc2cccc(Br)c2)c(=O)[nH]1.Nc1nc2c(ncn2CCOCP(=O)(OCC(=O)c2ccccc2)OCc2cccc(Br)c2)c(=O)[nH]1. The maximum Gasteiger partial charge on any atom is 0.356 e. The Labute approximate surface area is 820 Å². The van der Waals surface area contributed by atoms with Crippen molar-refractivity contribution in [1.29, 1.82) is 0 Å². The highest BCUT2D eigenvalue weighted by atomic mass is 79.9. The molecule has 0 saturated heterocycles. The first kappa shape index (κ1) is 106. The van der Waals surface area contributed by atoms with E-state index in [4.69, 9.17) is 78.1 Å². The number of Topliss-reactive ketones (excluding diaryl/α,β-unsaturated/α-hetero) is 4. The van der Waals surface area contributed by atoms with Crippen LogP contribution in [-0.4, -0.2) is 179 Å². The number of nitrogens with zero attached hydrogens (tertiary/aromatic N) is 12. The molecule has 2 aliphatic carbocycles. The van der Waals surface area contributed by atoms with E-state index in [2.05, 4.69) is 130 Å². The highest BCUT2D eigenvalue weighted by molar-refractivity contribution is 9.11. The molecule has 2 fully saturated rings. The van der Waals surface area contributed by atoms with Crippen LogP contribution in [0.4, 0.5) is 23.8 Å². The van der Waals surface area contributed by atoms with E-state index in [9.17, 15) is 56.6 Å². The zero-order valence-corrected chi connectivity index (χ0v) is 83.9. The van der Waals surface area contributed by atoms with Crippen molar-refractivity contribution in [2.45, 2.75) is 104 Å². The van der Waals surface area contributed by atoms with Gasteiger partial charge in [-0.2, -0.15) is 19.9 Å². The van der Waals surface area contributed by atoms with E-state index < -0.39 is 59.2 Å². The lowest BCUT2D eigenvalue weighted by Gasteiger charge is -2.22. The molecule has 15 rings (SSSR count). The summed E-state index contributed by atoms with van der Waals surface area (Å²) < 4.78 is 130. The van der Waals surface area contributed by atoms with Crippen LogP contribution < -0.4 is 45.2 Å². The average Bonchev–Trinajstić information content (AvgIpc) is 1.67. The molecule has 5 aromatic carbocycles. The molecule has 734 valence electrons. The van der Waals surface area contributed by atoms with Crippen LogP contribution in [0.15, 0.2) is 202 Å². The summed E-state index contributed by atoms with van der Waals surface area (Å²) in [6.07, 6.45) is 12.4. The Kier molecular flexibility index (Phi) is 39.8. The molecule has 0 spiro atoms. The number of allylic oxidation sites excluding steroid dienone is 1. The lowest BCUT2D eigenvalue weighted by Crippen LogP contribution is -2.22. The van der Waals surface area contributed by atoms with Gasteiger partial charge in [-0.05, 0) is 96.5 Å². The number of rotatable bonds is 49. The van der Waals surface area contributed by atoms with Crippen LogP contribution in [0.5, 0.6) is 0 Å². The number of ether oxygens (including phenoxy) is 4. The van der Waals surface area contributed by atoms with Crippen LogP contribution >= 0.6 is 94.1 Å². The number of nitrogen functional groups attached to an aromatic ring is 4. The third kappa shape index (κ3) is 32.8. The summed E-state index contributed by atoms with van der Waals surface area (Å²) >= 11 is 13.5. The van der Waals surface area contributed by atoms with Crippen LogP contribution in [0.1, 0.15) is 84.0 Å². The summed E-state index contributed by atoms with van der Waals surface area (Å²) in [5.74, 6) is -0.922. The molecule has 2 saturated carbocycles. The molecule has 4 unspecified atom stereocenters. The molecular weight excluding hydrogens is 2140 g/mol. The summed E-state index contributed by atoms with van der Waals surface area (Å²) in [6.45, 7) is 3.68. The Morgan fingerprint density at radius 3 is 0.964 bits per heavy atom. The smallest absolute Gasteiger partial charge is 0.356 e. The van der Waals surface area contributed by atoms with Gasteiger partial charge in [0.2, 0.25) is 23.8 Å². The normalized spacial score (nSPS) is 14.5. The van der Waals surface area contributed by atoms with Gasteiger partial charge >= 0.3 is 30.4 Å². The molecule has 138 heavy (non-hydrogen) atoms. The van der Waals surface area contributed by atoms with E-state index in [1.807, 2.05) is 97.1 Å². The van der Waals surface area contributed by atoms with Gasteiger partial charge in [-0.15, -0.1) is 6.58 Å². The standard InChI is InChI=1S/C23H29BrN5O6P.C23H23BrN5O6P.2C20H23BrN5O6P/c2*24-18-8-4-5-16(11-18)12-34-36(32,35-13-19(30)17-6-2-1-3-7-17)15-33-10-9-29-14-26-20-21(29)27-23(25)28-22(20)31;21-15-3-1-2-13(8-15)9-31-33(29,32-10-16(27)14-4-5-14)12-30-7-6-26-11-23-17-18(26)24-20(22)25-19(17)28;1-2-4-16(27)11-32-33(29,31-10-14-5-3-6-15(21)9-14)13-30-8-7-26-12-23-17-18(26)24-20(22)25-19(17)28/h4-5,8,11,14,17H,1-3,6-7,9-10,12-13,15H2,(H3,25,27,28,31);1-8,11,14H,9-10,12-13,15H2,(H3,25,27,28,31);1-3,8,11,14H,4-7,9-10,12H2,(H3,22,24,25,28);2-3,5-6,9,12H,1,4,7-8,10-11,13H2,(H3,22,24,25,28). The third-order valence-corrected chi connectivity index (χ3v) is 28.5. The number of aromatic nitrogens is 16. The number of carbonyl (C=O) groups excluding carboxylic acids is 4. The summed E-state index contributed by atoms with van der Waals surface area (Å²) in [7, 11) is -15.0. The van der Waals surface area contributed by atoms with Gasteiger partial charge in [0.1, 0.15) is 51.8 Å². The topological polar surface area (TPSA) is 606 Å². The second-order valence-electron chi connectivity index (χ2n) is 30.9. The maximum atomic E-state index is 13.5. The fraction of sp³-hybridized carbons (Fsp3) is 0.349. The summed E-state index contributed by atoms with van der Waals surface area (Å²) in [5, 5.41) is 0. The first-order valence-electron chi connectivity index (χ1n) is 42.7. The van der Waals surface area contributed by atoms with Crippen molar-refractivity contribution in [3.8, 4) is 0 Å². The number of nitrogens with two attached hydrogens (primary N) is 4. The number of halogens is 4. The van der Waals surface area contributed by atoms with E-state index in [1.165, 1.54) is 31.4 Å². The minimum Gasteiger partial charge on any atom is -0.369 e. The van der Waals surface area contributed by atoms with Gasteiger partial charge in [-0.1, -0.05) is 168 Å². The van der Waals surface area contributed by atoms with Crippen molar-refractivity contribution in [2.24, 2.45) is 11.8 Å². The first-order chi connectivity index (χ1) is 66.3. The number of ketones is 4. The van der Waals surface area contributed by atoms with Gasteiger partial charge in [-0.25, -0.2) is 19.9 Å². The average molecular weight is 2240 g/mol.